The van der Waals surface area contributed by atoms with Crippen LogP contribution in [0.25, 0.3) is 16.3 Å². The molecule has 19 heavy (non-hydrogen) atoms. The van der Waals surface area contributed by atoms with Crippen LogP contribution in [0.5, 0.6) is 0 Å². The minimum absolute atomic E-state index is 0.183. The van der Waals surface area contributed by atoms with Gasteiger partial charge in [-0.2, -0.15) is 9.61 Å². The van der Waals surface area contributed by atoms with Crippen LogP contribution in [-0.2, 0) is 6.54 Å². The lowest BCUT2D eigenvalue weighted by atomic mass is 10.1. The zero-order valence-corrected chi connectivity index (χ0v) is 10.8. The first-order valence-electron chi connectivity index (χ1n) is 6.15. The molecular formula is C14H13N3O2. The van der Waals surface area contributed by atoms with Gasteiger partial charge in [-0.15, -0.1) is 0 Å². The third-order valence-electron chi connectivity index (χ3n) is 3.32. The minimum atomic E-state index is -0.253. The Morgan fingerprint density at radius 1 is 1.16 bits per heavy atom. The average Bonchev–Trinajstić information content (AvgIpc) is 2.41. The summed E-state index contributed by atoms with van der Waals surface area (Å²) in [5.41, 5.74) is -0.120. The number of aromatic nitrogens is 3. The predicted octanol–water partition coefficient (Wildman–Crippen LogP) is 1.34. The second kappa shape index (κ2) is 4.05. The summed E-state index contributed by atoms with van der Waals surface area (Å²) in [5.74, 6) is 0.539. The van der Waals surface area contributed by atoms with Gasteiger partial charge in [0.15, 0.2) is 0 Å². The molecule has 0 spiro atoms. The fourth-order valence-electron chi connectivity index (χ4n) is 2.36. The zero-order chi connectivity index (χ0) is 13.6. The Balaban J connectivity index is 2.63. The van der Waals surface area contributed by atoms with Gasteiger partial charge in [0.1, 0.15) is 11.3 Å². The van der Waals surface area contributed by atoms with Gasteiger partial charge in [-0.3, -0.25) is 14.2 Å². The Labute approximate surface area is 108 Å². The first-order chi connectivity index (χ1) is 9.13. The van der Waals surface area contributed by atoms with Crippen molar-refractivity contribution in [3.05, 3.63) is 56.9 Å². The molecule has 2 heterocycles. The van der Waals surface area contributed by atoms with E-state index in [1.807, 2.05) is 19.1 Å². The Morgan fingerprint density at radius 3 is 2.63 bits per heavy atom. The molecule has 0 aliphatic heterocycles. The maximum absolute atomic E-state index is 12.3. The van der Waals surface area contributed by atoms with Gasteiger partial charge in [-0.05, 0) is 31.4 Å². The lowest BCUT2D eigenvalue weighted by Gasteiger charge is -2.09. The van der Waals surface area contributed by atoms with Gasteiger partial charge in [-0.1, -0.05) is 18.2 Å². The van der Waals surface area contributed by atoms with Crippen molar-refractivity contribution in [2.24, 2.45) is 0 Å². The van der Waals surface area contributed by atoms with E-state index in [0.29, 0.717) is 23.3 Å². The molecule has 0 fully saturated rings. The summed E-state index contributed by atoms with van der Waals surface area (Å²) in [6.45, 7) is 4.15. The number of aryl methyl sites for hydroxylation is 1. The number of fused-ring (bicyclic) bond motifs is 2. The molecule has 0 aliphatic carbocycles. The topological polar surface area (TPSA) is 56.4 Å². The molecular weight excluding hydrogens is 242 g/mol. The van der Waals surface area contributed by atoms with Crippen molar-refractivity contribution in [1.82, 2.24) is 14.2 Å². The van der Waals surface area contributed by atoms with Gasteiger partial charge in [0.25, 0.3) is 11.1 Å². The quantitative estimate of drug-likeness (QED) is 0.616. The summed E-state index contributed by atoms with van der Waals surface area (Å²) in [7, 11) is 0. The van der Waals surface area contributed by atoms with Crippen LogP contribution < -0.4 is 11.1 Å². The van der Waals surface area contributed by atoms with Crippen LogP contribution in [0.2, 0.25) is 0 Å². The van der Waals surface area contributed by atoms with Crippen molar-refractivity contribution in [3.63, 3.8) is 0 Å². The molecule has 0 saturated carbocycles. The third-order valence-corrected chi connectivity index (χ3v) is 3.32. The monoisotopic (exact) mass is 255 g/mol. The Kier molecular flexibility index (Phi) is 2.48. The molecule has 2 aromatic heterocycles. The number of rotatable bonds is 1. The summed E-state index contributed by atoms with van der Waals surface area (Å²) in [4.78, 5) is 24.7. The Bertz CT molecular complexity index is 906. The predicted molar refractivity (Wildman–Crippen MR) is 73.6 cm³/mol. The second-order valence-electron chi connectivity index (χ2n) is 4.43. The molecule has 0 aliphatic rings. The average molecular weight is 255 g/mol. The zero-order valence-electron chi connectivity index (χ0n) is 10.8. The molecule has 3 aromatic rings. The van der Waals surface area contributed by atoms with Gasteiger partial charge >= 0.3 is 0 Å². The summed E-state index contributed by atoms with van der Waals surface area (Å²) in [6.07, 6.45) is 0. The first-order valence-corrected chi connectivity index (χ1v) is 6.15. The SMILES string of the molecule is CCn1c(C)nn2c(=O)c3ccccc3cc2c1=O. The summed E-state index contributed by atoms with van der Waals surface area (Å²) >= 11 is 0. The number of nitrogens with zero attached hydrogens (tertiary/aromatic N) is 3. The molecule has 3 rings (SSSR count). The van der Waals surface area contributed by atoms with E-state index in [9.17, 15) is 9.59 Å². The van der Waals surface area contributed by atoms with Crippen molar-refractivity contribution in [2.45, 2.75) is 20.4 Å². The Morgan fingerprint density at radius 2 is 1.89 bits per heavy atom. The number of hydrogen-bond donors (Lipinski definition) is 0. The van der Waals surface area contributed by atoms with E-state index in [1.165, 1.54) is 4.52 Å². The van der Waals surface area contributed by atoms with E-state index in [0.717, 1.165) is 5.39 Å². The van der Waals surface area contributed by atoms with E-state index in [4.69, 9.17) is 0 Å². The van der Waals surface area contributed by atoms with Crippen LogP contribution in [0.15, 0.2) is 39.9 Å². The fraction of sp³-hybridized carbons (Fsp3) is 0.214. The van der Waals surface area contributed by atoms with Crippen LogP contribution in [0.3, 0.4) is 0 Å². The first kappa shape index (κ1) is 11.6. The smallest absolute Gasteiger partial charge is 0.279 e. The second-order valence-corrected chi connectivity index (χ2v) is 4.43. The van der Waals surface area contributed by atoms with Crippen LogP contribution in [0.4, 0.5) is 0 Å². The van der Waals surface area contributed by atoms with E-state index < -0.39 is 0 Å². The molecule has 1 aromatic carbocycles. The van der Waals surface area contributed by atoms with E-state index in [-0.39, 0.29) is 11.1 Å². The molecule has 0 atom stereocenters. The van der Waals surface area contributed by atoms with Crippen molar-refractivity contribution >= 4 is 16.3 Å². The van der Waals surface area contributed by atoms with Gasteiger partial charge < -0.3 is 0 Å². The van der Waals surface area contributed by atoms with Crippen molar-refractivity contribution in [2.75, 3.05) is 0 Å². The molecule has 96 valence electrons. The fourth-order valence-corrected chi connectivity index (χ4v) is 2.36. The molecule has 0 amide bonds. The van der Waals surface area contributed by atoms with Crippen molar-refractivity contribution < 1.29 is 0 Å². The molecule has 5 nitrogen and oxygen atoms in total. The molecule has 0 unspecified atom stereocenters. The van der Waals surface area contributed by atoms with Gasteiger partial charge in [0, 0.05) is 11.9 Å². The highest BCUT2D eigenvalue weighted by atomic mass is 16.1. The lowest BCUT2D eigenvalue weighted by Crippen LogP contribution is -2.30. The number of benzene rings is 1. The molecule has 5 heteroatoms. The maximum atomic E-state index is 12.3. The normalized spacial score (nSPS) is 11.3. The number of hydrogen-bond acceptors (Lipinski definition) is 3. The van der Waals surface area contributed by atoms with Gasteiger partial charge in [-0.25, -0.2) is 0 Å². The van der Waals surface area contributed by atoms with E-state index in [2.05, 4.69) is 5.10 Å². The maximum Gasteiger partial charge on any atom is 0.279 e. The third kappa shape index (κ3) is 1.58. The summed E-state index contributed by atoms with van der Waals surface area (Å²) in [5, 5.41) is 5.56. The van der Waals surface area contributed by atoms with Crippen molar-refractivity contribution in [3.8, 4) is 0 Å². The Hall–Kier alpha value is -2.43. The van der Waals surface area contributed by atoms with Crippen LogP contribution >= 0.6 is 0 Å². The largest absolute Gasteiger partial charge is 0.294 e. The van der Waals surface area contributed by atoms with Crippen LogP contribution in [0, 0.1) is 6.92 Å². The summed E-state index contributed by atoms with van der Waals surface area (Å²) < 4.78 is 2.76. The van der Waals surface area contributed by atoms with Crippen LogP contribution in [-0.4, -0.2) is 14.2 Å². The highest BCUT2D eigenvalue weighted by Crippen LogP contribution is 2.10. The van der Waals surface area contributed by atoms with Gasteiger partial charge in [0.2, 0.25) is 0 Å². The van der Waals surface area contributed by atoms with Gasteiger partial charge in [0.05, 0.1) is 0 Å². The molecule has 0 saturated heterocycles. The summed E-state index contributed by atoms with van der Waals surface area (Å²) in [6, 6.07) is 8.94. The standard InChI is InChI=1S/C14H13N3O2/c1-3-16-9(2)15-17-12(14(16)19)8-10-6-4-5-7-11(10)13(17)18/h4-8H,3H2,1-2H3. The number of pyridine rings is 1. The lowest BCUT2D eigenvalue weighted by molar-refractivity contribution is 0.640. The molecule has 0 radical (unpaired) electrons. The molecule has 0 N–H and O–H groups in total. The van der Waals surface area contributed by atoms with Crippen molar-refractivity contribution in [1.29, 1.82) is 0 Å². The van der Waals surface area contributed by atoms with Crippen LogP contribution in [0.1, 0.15) is 12.7 Å². The van der Waals surface area contributed by atoms with E-state index >= 15 is 0 Å². The molecule has 0 bridgehead atoms. The van der Waals surface area contributed by atoms with E-state index in [1.54, 1.807) is 29.7 Å². The highest BCUT2D eigenvalue weighted by Gasteiger charge is 2.10. The highest BCUT2D eigenvalue weighted by molar-refractivity contribution is 5.84. The minimum Gasteiger partial charge on any atom is -0.294 e.